The van der Waals surface area contributed by atoms with E-state index < -0.39 is 0 Å². The number of hydrogen-bond donors (Lipinski definition) is 0. The van der Waals surface area contributed by atoms with E-state index in [1.807, 2.05) is 12.1 Å². The topological polar surface area (TPSA) is 40.2 Å². The van der Waals surface area contributed by atoms with Crippen molar-refractivity contribution >= 4 is 0 Å². The molecule has 2 aromatic carbocycles. The normalized spacial score (nSPS) is 16.7. The van der Waals surface area contributed by atoms with E-state index in [-0.39, 0.29) is 6.04 Å². The first-order chi connectivity index (χ1) is 12.6. The molecule has 1 aliphatic heterocycles. The van der Waals surface area contributed by atoms with Crippen molar-refractivity contribution in [3.63, 3.8) is 0 Å². The summed E-state index contributed by atoms with van der Waals surface area (Å²) in [7, 11) is 8.85. The van der Waals surface area contributed by atoms with E-state index in [2.05, 4.69) is 30.1 Å². The van der Waals surface area contributed by atoms with Crippen molar-refractivity contribution in [3.8, 4) is 23.0 Å². The molecule has 5 nitrogen and oxygen atoms in total. The highest BCUT2D eigenvalue weighted by molar-refractivity contribution is 5.60. The van der Waals surface area contributed by atoms with Crippen molar-refractivity contribution in [1.82, 2.24) is 4.90 Å². The Morgan fingerprint density at radius 3 is 2.19 bits per heavy atom. The van der Waals surface area contributed by atoms with Gasteiger partial charge in [0, 0.05) is 18.2 Å². The second-order valence-electron chi connectivity index (χ2n) is 6.51. The van der Waals surface area contributed by atoms with Crippen molar-refractivity contribution in [2.45, 2.75) is 18.9 Å². The molecule has 0 aromatic heterocycles. The third-order valence-electron chi connectivity index (χ3n) is 5.16. The number of ether oxygens (including phenoxy) is 4. The van der Waals surface area contributed by atoms with E-state index >= 15 is 0 Å². The number of benzene rings is 2. The summed E-state index contributed by atoms with van der Waals surface area (Å²) >= 11 is 0. The highest BCUT2D eigenvalue weighted by Gasteiger charge is 2.31. The molecule has 0 bridgehead atoms. The molecule has 5 heteroatoms. The van der Waals surface area contributed by atoms with E-state index in [1.54, 1.807) is 28.4 Å². The number of nitrogens with zero attached hydrogens (tertiary/aromatic N) is 1. The monoisotopic (exact) mass is 357 g/mol. The highest BCUT2D eigenvalue weighted by atomic mass is 16.5. The second kappa shape index (κ2) is 7.87. The summed E-state index contributed by atoms with van der Waals surface area (Å²) in [5.74, 6) is 3.04. The van der Waals surface area contributed by atoms with Crippen LogP contribution in [0.3, 0.4) is 0 Å². The third kappa shape index (κ3) is 3.31. The number of hydrogen-bond acceptors (Lipinski definition) is 5. The fourth-order valence-corrected chi connectivity index (χ4v) is 3.72. The van der Waals surface area contributed by atoms with E-state index in [9.17, 15) is 0 Å². The first-order valence-electron chi connectivity index (χ1n) is 8.77. The molecule has 0 spiro atoms. The molecule has 0 saturated carbocycles. The summed E-state index contributed by atoms with van der Waals surface area (Å²) in [5, 5.41) is 0. The minimum absolute atomic E-state index is 0.251. The van der Waals surface area contributed by atoms with Crippen LogP contribution < -0.4 is 18.9 Å². The fourth-order valence-electron chi connectivity index (χ4n) is 3.72. The zero-order valence-electron chi connectivity index (χ0n) is 16.2. The highest BCUT2D eigenvalue weighted by Crippen LogP contribution is 2.46. The Kier molecular flexibility index (Phi) is 5.57. The molecule has 1 atom stereocenters. The van der Waals surface area contributed by atoms with E-state index in [0.29, 0.717) is 11.5 Å². The molecular formula is C21H27NO4. The minimum Gasteiger partial charge on any atom is -0.497 e. The maximum absolute atomic E-state index is 5.70. The summed E-state index contributed by atoms with van der Waals surface area (Å²) < 4.78 is 22.1. The van der Waals surface area contributed by atoms with Gasteiger partial charge in [-0.1, -0.05) is 12.1 Å². The van der Waals surface area contributed by atoms with Crippen LogP contribution in [-0.4, -0.2) is 46.9 Å². The first kappa shape index (κ1) is 18.4. The van der Waals surface area contributed by atoms with Crippen LogP contribution in [0.15, 0.2) is 30.3 Å². The maximum atomic E-state index is 5.70. The number of rotatable bonds is 6. The molecule has 0 radical (unpaired) electrons. The van der Waals surface area contributed by atoms with Gasteiger partial charge in [0.05, 0.1) is 28.4 Å². The Balaban J connectivity index is 2.02. The van der Waals surface area contributed by atoms with Gasteiger partial charge in [-0.15, -0.1) is 0 Å². The molecule has 0 amide bonds. The zero-order valence-corrected chi connectivity index (χ0v) is 16.2. The quantitative estimate of drug-likeness (QED) is 0.791. The van der Waals surface area contributed by atoms with Crippen LogP contribution in [0.5, 0.6) is 23.0 Å². The SMILES string of the molecule is COc1ccc(CC2c3cc(OC)c(OC)c(OC)c3CCN2C)cc1. The fraction of sp³-hybridized carbons (Fsp3) is 0.429. The average molecular weight is 357 g/mol. The van der Waals surface area contributed by atoms with E-state index in [1.165, 1.54) is 16.7 Å². The molecule has 1 aliphatic rings. The van der Waals surface area contributed by atoms with Gasteiger partial charge in [-0.05, 0) is 49.2 Å². The van der Waals surface area contributed by atoms with Gasteiger partial charge in [-0.3, -0.25) is 4.90 Å². The molecule has 1 unspecified atom stereocenters. The van der Waals surface area contributed by atoms with Crippen LogP contribution in [0.4, 0.5) is 0 Å². The largest absolute Gasteiger partial charge is 0.497 e. The van der Waals surface area contributed by atoms with E-state index in [0.717, 1.165) is 30.9 Å². The Morgan fingerprint density at radius 1 is 0.923 bits per heavy atom. The lowest BCUT2D eigenvalue weighted by atomic mass is 9.88. The predicted molar refractivity (Wildman–Crippen MR) is 102 cm³/mol. The molecule has 1 heterocycles. The lowest BCUT2D eigenvalue weighted by Crippen LogP contribution is -2.33. The van der Waals surface area contributed by atoms with Gasteiger partial charge in [-0.25, -0.2) is 0 Å². The second-order valence-corrected chi connectivity index (χ2v) is 6.51. The van der Waals surface area contributed by atoms with Crippen LogP contribution in [0, 0.1) is 0 Å². The summed E-state index contributed by atoms with van der Waals surface area (Å²) in [6.07, 6.45) is 1.83. The van der Waals surface area contributed by atoms with Gasteiger partial charge >= 0.3 is 0 Å². The van der Waals surface area contributed by atoms with Gasteiger partial charge in [0.2, 0.25) is 5.75 Å². The minimum atomic E-state index is 0.251. The van der Waals surface area contributed by atoms with E-state index in [4.69, 9.17) is 18.9 Å². The van der Waals surface area contributed by atoms with Crippen LogP contribution in [-0.2, 0) is 12.8 Å². The maximum Gasteiger partial charge on any atom is 0.203 e. The standard InChI is InChI=1S/C21H27NO4/c1-22-11-10-16-17(13-19(24-3)21(26-5)20(16)25-4)18(22)12-14-6-8-15(23-2)9-7-14/h6-9,13,18H,10-12H2,1-5H3. The Labute approximate surface area is 155 Å². The number of fused-ring (bicyclic) bond motifs is 1. The summed E-state index contributed by atoms with van der Waals surface area (Å²) in [6, 6.07) is 10.6. The molecular weight excluding hydrogens is 330 g/mol. The Morgan fingerprint density at radius 2 is 1.62 bits per heavy atom. The summed E-state index contributed by atoms with van der Waals surface area (Å²) in [4.78, 5) is 2.39. The zero-order chi connectivity index (χ0) is 18.7. The van der Waals surface area contributed by atoms with Gasteiger partial charge < -0.3 is 18.9 Å². The molecule has 2 aromatic rings. The number of methoxy groups -OCH3 is 4. The molecule has 0 saturated heterocycles. The smallest absolute Gasteiger partial charge is 0.203 e. The molecule has 26 heavy (non-hydrogen) atoms. The van der Waals surface area contributed by atoms with Crippen molar-refractivity contribution in [2.24, 2.45) is 0 Å². The Bertz CT molecular complexity index is 758. The van der Waals surface area contributed by atoms with Crippen LogP contribution in [0.2, 0.25) is 0 Å². The predicted octanol–water partition coefficient (Wildman–Crippen LogP) is 3.49. The summed E-state index contributed by atoms with van der Waals surface area (Å²) in [5.41, 5.74) is 3.72. The van der Waals surface area contributed by atoms with Crippen molar-refractivity contribution in [1.29, 1.82) is 0 Å². The van der Waals surface area contributed by atoms with Crippen LogP contribution in [0.1, 0.15) is 22.7 Å². The molecule has 3 rings (SSSR count). The van der Waals surface area contributed by atoms with Crippen molar-refractivity contribution < 1.29 is 18.9 Å². The summed E-state index contributed by atoms with van der Waals surface area (Å²) in [6.45, 7) is 0.972. The van der Waals surface area contributed by atoms with Crippen LogP contribution >= 0.6 is 0 Å². The Hall–Kier alpha value is -2.40. The van der Waals surface area contributed by atoms with Gasteiger partial charge in [0.25, 0.3) is 0 Å². The first-order valence-corrected chi connectivity index (χ1v) is 8.77. The molecule has 140 valence electrons. The average Bonchev–Trinajstić information content (AvgIpc) is 2.68. The molecule has 0 fully saturated rings. The molecule has 0 N–H and O–H groups in total. The number of likely N-dealkylation sites (N-methyl/N-ethyl adjacent to an activating group) is 1. The molecule has 0 aliphatic carbocycles. The van der Waals surface area contributed by atoms with Gasteiger partial charge in [-0.2, -0.15) is 0 Å². The van der Waals surface area contributed by atoms with Gasteiger partial charge in [0.15, 0.2) is 11.5 Å². The third-order valence-corrected chi connectivity index (χ3v) is 5.16. The lowest BCUT2D eigenvalue weighted by molar-refractivity contribution is 0.223. The lowest BCUT2D eigenvalue weighted by Gasteiger charge is -2.36. The van der Waals surface area contributed by atoms with Crippen LogP contribution in [0.25, 0.3) is 0 Å². The van der Waals surface area contributed by atoms with Crippen molar-refractivity contribution in [2.75, 3.05) is 42.0 Å². The van der Waals surface area contributed by atoms with Gasteiger partial charge in [0.1, 0.15) is 5.75 Å². The van der Waals surface area contributed by atoms with Crippen molar-refractivity contribution in [3.05, 3.63) is 47.0 Å².